The van der Waals surface area contributed by atoms with E-state index >= 15 is 0 Å². The summed E-state index contributed by atoms with van der Waals surface area (Å²) in [5.74, 6) is 1.06. The molecule has 29 heavy (non-hydrogen) atoms. The minimum atomic E-state index is -0.181. The van der Waals surface area contributed by atoms with Gasteiger partial charge in [0.15, 0.2) is 5.82 Å². The molecule has 0 saturated carbocycles. The van der Waals surface area contributed by atoms with E-state index in [1.165, 1.54) is 0 Å². The van der Waals surface area contributed by atoms with Crippen LogP contribution in [0.2, 0.25) is 0 Å². The molecular weight excluding hydrogens is 362 g/mol. The number of pyridine rings is 1. The Bertz CT molecular complexity index is 972. The number of rotatable bonds is 7. The lowest BCUT2D eigenvalue weighted by Crippen LogP contribution is -2.32. The second-order valence-corrected chi connectivity index (χ2v) is 7.33. The van der Waals surface area contributed by atoms with Crippen LogP contribution >= 0.6 is 0 Å². The van der Waals surface area contributed by atoms with Gasteiger partial charge in [0.1, 0.15) is 11.4 Å². The van der Waals surface area contributed by atoms with Crippen LogP contribution < -0.4 is 10.2 Å². The van der Waals surface area contributed by atoms with E-state index < -0.39 is 0 Å². The molecule has 2 heterocycles. The third-order valence-corrected chi connectivity index (χ3v) is 4.79. The molecule has 2 aromatic heterocycles. The Morgan fingerprint density at radius 1 is 1.14 bits per heavy atom. The molecule has 1 N–H and O–H groups in total. The van der Waals surface area contributed by atoms with Crippen LogP contribution in [0.25, 0.3) is 11.4 Å². The van der Waals surface area contributed by atoms with Gasteiger partial charge in [-0.1, -0.05) is 29.8 Å². The molecule has 0 fully saturated rings. The van der Waals surface area contributed by atoms with E-state index in [2.05, 4.69) is 29.1 Å². The van der Waals surface area contributed by atoms with Crippen molar-refractivity contribution in [3.8, 4) is 11.4 Å². The molecule has 6 nitrogen and oxygen atoms in total. The van der Waals surface area contributed by atoms with Crippen LogP contribution in [0, 0.1) is 6.92 Å². The lowest BCUT2D eigenvalue weighted by atomic mass is 10.1. The van der Waals surface area contributed by atoms with Crippen LogP contribution in [0.4, 0.5) is 5.82 Å². The molecular formula is C23H27N5O. The van der Waals surface area contributed by atoms with Gasteiger partial charge in [-0.15, -0.1) is 0 Å². The zero-order valence-corrected chi connectivity index (χ0v) is 17.4. The highest BCUT2D eigenvalue weighted by Gasteiger charge is 2.20. The smallest absolute Gasteiger partial charge is 0.256 e. The molecule has 0 saturated heterocycles. The van der Waals surface area contributed by atoms with Crippen molar-refractivity contribution in [2.24, 2.45) is 0 Å². The summed E-state index contributed by atoms with van der Waals surface area (Å²) >= 11 is 0. The second kappa shape index (κ2) is 9.28. The summed E-state index contributed by atoms with van der Waals surface area (Å²) in [7, 11) is 1.94. The Hall–Kier alpha value is -3.28. The predicted molar refractivity (Wildman–Crippen MR) is 116 cm³/mol. The number of amides is 1. The van der Waals surface area contributed by atoms with Gasteiger partial charge in [-0.05, 0) is 39.0 Å². The van der Waals surface area contributed by atoms with E-state index in [0.29, 0.717) is 30.2 Å². The first kappa shape index (κ1) is 20.5. The zero-order chi connectivity index (χ0) is 20.8. The Morgan fingerprint density at radius 3 is 2.66 bits per heavy atom. The normalized spacial score (nSPS) is 10.8. The number of nitrogens with zero attached hydrogens (tertiary/aromatic N) is 4. The Kier molecular flexibility index (Phi) is 6.54. The predicted octanol–water partition coefficient (Wildman–Crippen LogP) is 3.66. The van der Waals surface area contributed by atoms with Crippen molar-refractivity contribution in [1.29, 1.82) is 0 Å². The van der Waals surface area contributed by atoms with E-state index in [1.807, 2.05) is 61.3 Å². The van der Waals surface area contributed by atoms with Crippen LogP contribution in [-0.4, -0.2) is 40.5 Å². The van der Waals surface area contributed by atoms with Crippen molar-refractivity contribution >= 4 is 11.7 Å². The van der Waals surface area contributed by atoms with Crippen LogP contribution in [0.3, 0.4) is 0 Å². The number of aromatic nitrogens is 3. The molecule has 0 aliphatic rings. The molecule has 6 heteroatoms. The average molecular weight is 390 g/mol. The summed E-state index contributed by atoms with van der Waals surface area (Å²) < 4.78 is 0. The highest BCUT2D eigenvalue weighted by Crippen LogP contribution is 2.23. The van der Waals surface area contributed by atoms with Crippen molar-refractivity contribution in [2.75, 3.05) is 18.5 Å². The summed E-state index contributed by atoms with van der Waals surface area (Å²) in [6, 6.07) is 14.0. The molecule has 3 rings (SSSR count). The summed E-state index contributed by atoms with van der Waals surface area (Å²) in [4.78, 5) is 28.3. The summed E-state index contributed by atoms with van der Waals surface area (Å²) in [5, 5.41) is 2.96. The average Bonchev–Trinajstić information content (AvgIpc) is 2.73. The second-order valence-electron chi connectivity index (χ2n) is 7.33. The molecule has 0 aliphatic carbocycles. The van der Waals surface area contributed by atoms with Gasteiger partial charge in [0.25, 0.3) is 5.91 Å². The quantitative estimate of drug-likeness (QED) is 0.668. The number of aryl methyl sites for hydroxylation is 1. The number of carbonyl (C=O) groups is 1. The Morgan fingerprint density at radius 2 is 1.97 bits per heavy atom. The summed E-state index contributed by atoms with van der Waals surface area (Å²) in [5.41, 5.74) is 3.49. The minimum absolute atomic E-state index is 0.181. The number of hydrogen-bond donors (Lipinski definition) is 1. The van der Waals surface area contributed by atoms with Gasteiger partial charge >= 0.3 is 0 Å². The van der Waals surface area contributed by atoms with Crippen molar-refractivity contribution in [2.45, 2.75) is 33.2 Å². The maximum absolute atomic E-state index is 12.8. The zero-order valence-electron chi connectivity index (χ0n) is 17.4. The van der Waals surface area contributed by atoms with Gasteiger partial charge in [-0.2, -0.15) is 0 Å². The summed E-state index contributed by atoms with van der Waals surface area (Å²) in [6.07, 6.45) is 4.05. The lowest BCUT2D eigenvalue weighted by Gasteiger charge is -2.25. The van der Waals surface area contributed by atoms with Crippen LogP contribution in [-0.2, 0) is 6.42 Å². The fourth-order valence-electron chi connectivity index (χ4n) is 2.92. The number of carbonyl (C=O) groups excluding carboxylic acids is 1. The molecule has 0 spiro atoms. The fourth-order valence-corrected chi connectivity index (χ4v) is 2.92. The van der Waals surface area contributed by atoms with Crippen molar-refractivity contribution < 1.29 is 4.79 Å². The van der Waals surface area contributed by atoms with E-state index in [-0.39, 0.29) is 11.9 Å². The van der Waals surface area contributed by atoms with Crippen LogP contribution in [0.15, 0.2) is 54.9 Å². The fraction of sp³-hybridized carbons (Fsp3) is 0.304. The first-order valence-electron chi connectivity index (χ1n) is 9.80. The van der Waals surface area contributed by atoms with Crippen molar-refractivity contribution in [1.82, 2.24) is 20.3 Å². The van der Waals surface area contributed by atoms with E-state index in [4.69, 9.17) is 4.98 Å². The standard InChI is InChI=1S/C23H27N5O/c1-16(2)28(4)22-20(23(29)25-13-11-19-10-5-6-12-24-19)15-26-21(27-22)18-9-7-8-17(3)14-18/h5-10,12,14-16H,11,13H2,1-4H3,(H,25,29). The molecule has 0 atom stereocenters. The third-order valence-electron chi connectivity index (χ3n) is 4.79. The SMILES string of the molecule is Cc1cccc(-c2ncc(C(=O)NCCc3ccccn3)c(N(C)C(C)C)n2)c1. The monoisotopic (exact) mass is 389 g/mol. The number of benzene rings is 1. The lowest BCUT2D eigenvalue weighted by molar-refractivity contribution is 0.0954. The van der Waals surface area contributed by atoms with Gasteiger partial charge in [0, 0.05) is 49.7 Å². The first-order valence-corrected chi connectivity index (χ1v) is 9.80. The van der Waals surface area contributed by atoms with E-state index in [1.54, 1.807) is 12.4 Å². The number of hydrogen-bond acceptors (Lipinski definition) is 5. The van der Waals surface area contributed by atoms with Gasteiger partial charge in [-0.25, -0.2) is 9.97 Å². The van der Waals surface area contributed by atoms with Gasteiger partial charge < -0.3 is 10.2 Å². The molecule has 1 amide bonds. The van der Waals surface area contributed by atoms with Gasteiger partial charge in [-0.3, -0.25) is 9.78 Å². The number of anilines is 1. The van der Waals surface area contributed by atoms with E-state index in [0.717, 1.165) is 16.8 Å². The molecule has 0 unspecified atom stereocenters. The largest absolute Gasteiger partial charge is 0.356 e. The maximum atomic E-state index is 12.8. The molecule has 0 bridgehead atoms. The van der Waals surface area contributed by atoms with Crippen LogP contribution in [0.5, 0.6) is 0 Å². The molecule has 150 valence electrons. The molecule has 3 aromatic rings. The van der Waals surface area contributed by atoms with Crippen molar-refractivity contribution in [3.05, 3.63) is 71.7 Å². The van der Waals surface area contributed by atoms with Crippen molar-refractivity contribution in [3.63, 3.8) is 0 Å². The molecule has 1 aromatic carbocycles. The highest BCUT2D eigenvalue weighted by atomic mass is 16.1. The van der Waals surface area contributed by atoms with Gasteiger partial charge in [0.05, 0.1) is 0 Å². The van der Waals surface area contributed by atoms with Gasteiger partial charge in [0.2, 0.25) is 0 Å². The molecule has 0 radical (unpaired) electrons. The highest BCUT2D eigenvalue weighted by molar-refractivity contribution is 5.98. The molecule has 0 aliphatic heterocycles. The number of nitrogens with one attached hydrogen (secondary N) is 1. The topological polar surface area (TPSA) is 71.0 Å². The first-order chi connectivity index (χ1) is 14.0. The van der Waals surface area contributed by atoms with E-state index in [9.17, 15) is 4.79 Å². The minimum Gasteiger partial charge on any atom is -0.356 e. The third kappa shape index (κ3) is 5.16. The summed E-state index contributed by atoms with van der Waals surface area (Å²) in [6.45, 7) is 6.67. The maximum Gasteiger partial charge on any atom is 0.256 e. The Balaban J connectivity index is 1.83. The van der Waals surface area contributed by atoms with Crippen LogP contribution in [0.1, 0.15) is 35.5 Å². The Labute approximate surface area is 172 Å².